The van der Waals surface area contributed by atoms with Gasteiger partial charge in [-0.3, -0.25) is 9.48 Å². The van der Waals surface area contributed by atoms with E-state index in [2.05, 4.69) is 10.4 Å². The van der Waals surface area contributed by atoms with Gasteiger partial charge >= 0.3 is 0 Å². The van der Waals surface area contributed by atoms with Gasteiger partial charge in [0.1, 0.15) is 11.8 Å². The molecule has 0 aliphatic rings. The van der Waals surface area contributed by atoms with Crippen LogP contribution in [0, 0.1) is 6.92 Å². The van der Waals surface area contributed by atoms with Gasteiger partial charge in [0.25, 0.3) is 0 Å². The highest BCUT2D eigenvalue weighted by Gasteiger charge is 2.15. The molecule has 17 heavy (non-hydrogen) atoms. The summed E-state index contributed by atoms with van der Waals surface area (Å²) in [4.78, 5) is 11.8. The van der Waals surface area contributed by atoms with Crippen LogP contribution < -0.4 is 5.32 Å². The molecule has 0 saturated carbocycles. The van der Waals surface area contributed by atoms with Gasteiger partial charge in [0.2, 0.25) is 5.91 Å². The smallest absolute Gasteiger partial charge is 0.244 e. The van der Waals surface area contributed by atoms with Gasteiger partial charge in [-0.2, -0.15) is 5.10 Å². The zero-order chi connectivity index (χ0) is 12.3. The minimum Gasteiger partial charge on any atom is -0.467 e. The van der Waals surface area contributed by atoms with Crippen LogP contribution in [-0.4, -0.2) is 15.7 Å². The number of amides is 1. The van der Waals surface area contributed by atoms with Crippen LogP contribution in [0.15, 0.2) is 35.1 Å². The number of rotatable bonds is 4. The molecule has 2 aromatic heterocycles. The maximum absolute atomic E-state index is 11.8. The molecule has 5 nitrogen and oxygen atoms in total. The van der Waals surface area contributed by atoms with Gasteiger partial charge in [-0.05, 0) is 32.0 Å². The second-order valence-electron chi connectivity index (χ2n) is 3.91. The van der Waals surface area contributed by atoms with Crippen LogP contribution in [0.1, 0.15) is 24.4 Å². The summed E-state index contributed by atoms with van der Waals surface area (Å²) < 4.78 is 6.78. The number of hydrogen-bond donors (Lipinski definition) is 1. The molecule has 2 rings (SSSR count). The molecule has 1 atom stereocenters. The summed E-state index contributed by atoms with van der Waals surface area (Å²) in [6.07, 6.45) is 3.38. The van der Waals surface area contributed by atoms with Gasteiger partial charge < -0.3 is 9.73 Å². The Balaban J connectivity index is 1.91. The molecule has 0 bridgehead atoms. The lowest BCUT2D eigenvalue weighted by Gasteiger charge is -2.11. The molecule has 2 aromatic rings. The first-order valence-corrected chi connectivity index (χ1v) is 5.48. The van der Waals surface area contributed by atoms with E-state index < -0.39 is 0 Å². The largest absolute Gasteiger partial charge is 0.467 e. The molecule has 0 saturated heterocycles. The fourth-order valence-corrected chi connectivity index (χ4v) is 1.50. The van der Waals surface area contributed by atoms with E-state index in [0.717, 1.165) is 11.5 Å². The number of carbonyl (C=O) groups is 1. The van der Waals surface area contributed by atoms with Crippen molar-refractivity contribution >= 4 is 5.91 Å². The molecule has 0 aliphatic heterocycles. The van der Waals surface area contributed by atoms with Crippen LogP contribution in [0.25, 0.3) is 0 Å². The fraction of sp³-hybridized carbons (Fsp3) is 0.333. The number of carbonyl (C=O) groups excluding carboxylic acids is 1. The first-order valence-electron chi connectivity index (χ1n) is 5.48. The lowest BCUT2D eigenvalue weighted by molar-refractivity contribution is -0.124. The highest BCUT2D eigenvalue weighted by Crippen LogP contribution is 2.06. The number of hydrogen-bond acceptors (Lipinski definition) is 3. The highest BCUT2D eigenvalue weighted by molar-refractivity contribution is 5.79. The van der Waals surface area contributed by atoms with Gasteiger partial charge in [-0.15, -0.1) is 0 Å². The summed E-state index contributed by atoms with van der Waals surface area (Å²) in [7, 11) is 0. The van der Waals surface area contributed by atoms with Crippen molar-refractivity contribution in [3.05, 3.63) is 42.1 Å². The molecule has 0 spiro atoms. The van der Waals surface area contributed by atoms with E-state index in [1.54, 1.807) is 23.2 Å². The summed E-state index contributed by atoms with van der Waals surface area (Å²) in [5.41, 5.74) is 0.899. The van der Waals surface area contributed by atoms with E-state index in [0.29, 0.717) is 6.54 Å². The number of nitrogens with zero attached hydrogens (tertiary/aromatic N) is 2. The Bertz CT molecular complexity index is 488. The molecule has 1 N–H and O–H groups in total. The topological polar surface area (TPSA) is 60.1 Å². The van der Waals surface area contributed by atoms with E-state index in [-0.39, 0.29) is 11.9 Å². The van der Waals surface area contributed by atoms with Crippen molar-refractivity contribution in [1.82, 2.24) is 15.1 Å². The van der Waals surface area contributed by atoms with Gasteiger partial charge in [0.05, 0.1) is 18.5 Å². The van der Waals surface area contributed by atoms with Gasteiger partial charge in [0.15, 0.2) is 0 Å². The lowest BCUT2D eigenvalue weighted by Crippen LogP contribution is -2.30. The van der Waals surface area contributed by atoms with E-state index in [9.17, 15) is 4.79 Å². The molecule has 90 valence electrons. The first-order chi connectivity index (χ1) is 8.16. The second kappa shape index (κ2) is 4.86. The van der Waals surface area contributed by atoms with Crippen LogP contribution in [-0.2, 0) is 11.3 Å². The van der Waals surface area contributed by atoms with Crippen LogP contribution in [0.4, 0.5) is 0 Å². The van der Waals surface area contributed by atoms with Crippen molar-refractivity contribution in [3.63, 3.8) is 0 Å². The summed E-state index contributed by atoms with van der Waals surface area (Å²) in [6, 6.07) is 5.17. The van der Waals surface area contributed by atoms with E-state index in [1.165, 1.54) is 0 Å². The molecular weight excluding hydrogens is 218 g/mol. The molecular formula is C12H15N3O2. The predicted molar refractivity (Wildman–Crippen MR) is 62.2 cm³/mol. The summed E-state index contributed by atoms with van der Waals surface area (Å²) in [5.74, 6) is 0.659. The third-order valence-electron chi connectivity index (χ3n) is 2.53. The predicted octanol–water partition coefficient (Wildman–Crippen LogP) is 1.66. The molecule has 1 amide bonds. The Morgan fingerprint density at radius 2 is 2.41 bits per heavy atom. The van der Waals surface area contributed by atoms with E-state index >= 15 is 0 Å². The molecule has 1 unspecified atom stereocenters. The molecule has 2 heterocycles. The zero-order valence-corrected chi connectivity index (χ0v) is 9.88. The maximum atomic E-state index is 11.8. The van der Waals surface area contributed by atoms with Gasteiger partial charge in [0, 0.05) is 6.20 Å². The average Bonchev–Trinajstić information content (AvgIpc) is 2.95. The van der Waals surface area contributed by atoms with Crippen LogP contribution >= 0.6 is 0 Å². The van der Waals surface area contributed by atoms with Crippen LogP contribution in [0.5, 0.6) is 0 Å². The number of nitrogens with one attached hydrogen (secondary N) is 1. The first kappa shape index (κ1) is 11.4. The minimum atomic E-state index is -0.321. The monoisotopic (exact) mass is 233 g/mol. The Kier molecular flexibility index (Phi) is 3.27. The molecule has 0 fully saturated rings. The van der Waals surface area contributed by atoms with Crippen molar-refractivity contribution in [1.29, 1.82) is 0 Å². The fourth-order valence-electron chi connectivity index (χ4n) is 1.50. The Morgan fingerprint density at radius 3 is 3.00 bits per heavy atom. The van der Waals surface area contributed by atoms with Gasteiger partial charge in [-0.25, -0.2) is 0 Å². The second-order valence-corrected chi connectivity index (χ2v) is 3.91. The third kappa shape index (κ3) is 2.75. The number of aryl methyl sites for hydroxylation is 1. The quantitative estimate of drug-likeness (QED) is 0.873. The molecule has 5 heteroatoms. The maximum Gasteiger partial charge on any atom is 0.244 e. The van der Waals surface area contributed by atoms with Crippen molar-refractivity contribution in [2.45, 2.75) is 26.4 Å². The summed E-state index contributed by atoms with van der Waals surface area (Å²) >= 11 is 0. The highest BCUT2D eigenvalue weighted by atomic mass is 16.3. The van der Waals surface area contributed by atoms with Crippen molar-refractivity contribution in [2.75, 3.05) is 0 Å². The third-order valence-corrected chi connectivity index (χ3v) is 2.53. The molecule has 0 aromatic carbocycles. The minimum absolute atomic E-state index is 0.0792. The summed E-state index contributed by atoms with van der Waals surface area (Å²) in [6.45, 7) is 4.10. The SMILES string of the molecule is Cc1ccn(C(C)C(=O)NCc2ccco2)n1. The van der Waals surface area contributed by atoms with Crippen molar-refractivity contribution in [3.8, 4) is 0 Å². The average molecular weight is 233 g/mol. The Morgan fingerprint density at radius 1 is 1.59 bits per heavy atom. The molecule has 0 radical (unpaired) electrons. The zero-order valence-electron chi connectivity index (χ0n) is 9.88. The van der Waals surface area contributed by atoms with Crippen LogP contribution in [0.3, 0.4) is 0 Å². The Hall–Kier alpha value is -2.04. The van der Waals surface area contributed by atoms with Gasteiger partial charge in [-0.1, -0.05) is 0 Å². The molecule has 0 aliphatic carbocycles. The number of furan rings is 1. The standard InChI is InChI=1S/C12H15N3O2/c1-9-5-6-15(14-9)10(2)12(16)13-8-11-4-3-7-17-11/h3-7,10H,8H2,1-2H3,(H,13,16). The Labute approximate surface area is 99.4 Å². The number of aromatic nitrogens is 2. The summed E-state index contributed by atoms with van der Waals surface area (Å²) in [5, 5.41) is 7.01. The van der Waals surface area contributed by atoms with Crippen molar-refractivity contribution in [2.24, 2.45) is 0 Å². The lowest BCUT2D eigenvalue weighted by atomic mass is 10.3. The van der Waals surface area contributed by atoms with E-state index in [1.807, 2.05) is 26.0 Å². The normalized spacial score (nSPS) is 12.4. The van der Waals surface area contributed by atoms with Crippen molar-refractivity contribution < 1.29 is 9.21 Å². The van der Waals surface area contributed by atoms with Crippen LogP contribution in [0.2, 0.25) is 0 Å². The van der Waals surface area contributed by atoms with E-state index in [4.69, 9.17) is 4.42 Å².